The molecule has 100 valence electrons. The zero-order valence-corrected chi connectivity index (χ0v) is 11.1. The minimum absolute atomic E-state index is 0.182. The number of nitrogens with zero attached hydrogens (tertiary/aromatic N) is 2. The molecule has 1 saturated heterocycles. The summed E-state index contributed by atoms with van der Waals surface area (Å²) < 4.78 is 13.7. The van der Waals surface area contributed by atoms with Gasteiger partial charge in [0.1, 0.15) is 5.82 Å². The van der Waals surface area contributed by atoms with Crippen LogP contribution < -0.4 is 5.32 Å². The largest absolute Gasteiger partial charge is 0.312 e. The molecule has 2 aromatic rings. The fourth-order valence-electron chi connectivity index (χ4n) is 2.74. The molecule has 0 unspecified atom stereocenters. The lowest BCUT2D eigenvalue weighted by Crippen LogP contribution is -2.48. The molecule has 3 rings (SSSR count). The standard InChI is InChI=1S/C15H18FN3/c1-11-9-19(6-5-17-11)10-13-8-14(16)7-12-3-2-4-18-15(12)13/h2-4,7-8,11,17H,5-6,9-10H2,1H3/t11-/m0/s1. The van der Waals surface area contributed by atoms with Gasteiger partial charge in [-0.15, -0.1) is 0 Å². The number of nitrogens with one attached hydrogen (secondary N) is 1. The van der Waals surface area contributed by atoms with Gasteiger partial charge in [0.2, 0.25) is 0 Å². The molecule has 1 aromatic heterocycles. The van der Waals surface area contributed by atoms with Crippen molar-refractivity contribution in [1.29, 1.82) is 0 Å². The topological polar surface area (TPSA) is 28.2 Å². The number of hydrogen-bond acceptors (Lipinski definition) is 3. The average molecular weight is 259 g/mol. The fraction of sp³-hybridized carbons (Fsp3) is 0.400. The summed E-state index contributed by atoms with van der Waals surface area (Å²) in [4.78, 5) is 6.75. The highest BCUT2D eigenvalue weighted by atomic mass is 19.1. The summed E-state index contributed by atoms with van der Waals surface area (Å²) in [5.41, 5.74) is 1.89. The lowest BCUT2D eigenvalue weighted by Gasteiger charge is -2.31. The van der Waals surface area contributed by atoms with Gasteiger partial charge in [-0.1, -0.05) is 6.07 Å². The first-order valence-corrected chi connectivity index (χ1v) is 6.71. The Labute approximate surface area is 112 Å². The molecule has 0 bridgehead atoms. The first kappa shape index (κ1) is 12.5. The van der Waals surface area contributed by atoms with Crippen molar-refractivity contribution in [3.05, 3.63) is 41.8 Å². The first-order chi connectivity index (χ1) is 9.22. The summed E-state index contributed by atoms with van der Waals surface area (Å²) in [5.74, 6) is -0.182. The maximum absolute atomic E-state index is 13.7. The molecule has 1 atom stereocenters. The zero-order valence-electron chi connectivity index (χ0n) is 11.1. The quantitative estimate of drug-likeness (QED) is 0.896. The molecule has 0 saturated carbocycles. The van der Waals surface area contributed by atoms with Gasteiger partial charge in [-0.25, -0.2) is 4.39 Å². The Morgan fingerprint density at radius 2 is 2.37 bits per heavy atom. The van der Waals surface area contributed by atoms with Gasteiger partial charge in [0.15, 0.2) is 0 Å². The number of benzene rings is 1. The van der Waals surface area contributed by atoms with Crippen molar-refractivity contribution in [3.63, 3.8) is 0 Å². The Hall–Kier alpha value is -1.52. The first-order valence-electron chi connectivity index (χ1n) is 6.71. The Balaban J connectivity index is 1.91. The Morgan fingerprint density at radius 1 is 1.47 bits per heavy atom. The Kier molecular flexibility index (Phi) is 3.44. The molecule has 0 spiro atoms. The average Bonchev–Trinajstić information content (AvgIpc) is 2.38. The SMILES string of the molecule is C[C@H]1CN(Cc2cc(F)cc3cccnc23)CCN1. The van der Waals surface area contributed by atoms with Crippen LogP contribution in [-0.4, -0.2) is 35.6 Å². The number of halogens is 1. The highest BCUT2D eigenvalue weighted by molar-refractivity contribution is 5.81. The Bertz CT molecular complexity index is 585. The van der Waals surface area contributed by atoms with Gasteiger partial charge in [-0.3, -0.25) is 9.88 Å². The fourth-order valence-corrected chi connectivity index (χ4v) is 2.74. The van der Waals surface area contributed by atoms with Gasteiger partial charge in [-0.2, -0.15) is 0 Å². The molecule has 1 aliphatic heterocycles. The van der Waals surface area contributed by atoms with E-state index in [4.69, 9.17) is 0 Å². The van der Waals surface area contributed by atoms with Crippen LogP contribution in [0, 0.1) is 5.82 Å². The molecular formula is C15H18FN3. The van der Waals surface area contributed by atoms with Gasteiger partial charge in [0.05, 0.1) is 5.52 Å². The van der Waals surface area contributed by atoms with Crippen LogP contribution >= 0.6 is 0 Å². The smallest absolute Gasteiger partial charge is 0.124 e. The number of piperazine rings is 1. The van der Waals surface area contributed by atoms with Crippen LogP contribution in [0.2, 0.25) is 0 Å². The summed E-state index contributed by atoms with van der Waals surface area (Å²) >= 11 is 0. The second-order valence-electron chi connectivity index (χ2n) is 5.23. The van der Waals surface area contributed by atoms with Crippen molar-refractivity contribution >= 4 is 10.9 Å². The number of aromatic nitrogens is 1. The van der Waals surface area contributed by atoms with E-state index in [0.29, 0.717) is 6.04 Å². The normalized spacial score (nSPS) is 20.8. The molecule has 2 heterocycles. The van der Waals surface area contributed by atoms with E-state index in [0.717, 1.165) is 42.6 Å². The van der Waals surface area contributed by atoms with Crippen molar-refractivity contribution in [3.8, 4) is 0 Å². The lowest BCUT2D eigenvalue weighted by atomic mass is 10.1. The maximum atomic E-state index is 13.7. The van der Waals surface area contributed by atoms with Gasteiger partial charge in [0, 0.05) is 43.8 Å². The van der Waals surface area contributed by atoms with E-state index in [9.17, 15) is 4.39 Å². The van der Waals surface area contributed by atoms with Crippen molar-refractivity contribution in [2.45, 2.75) is 19.5 Å². The highest BCUT2D eigenvalue weighted by Gasteiger charge is 2.17. The molecule has 0 amide bonds. The molecule has 19 heavy (non-hydrogen) atoms. The van der Waals surface area contributed by atoms with Crippen LogP contribution in [-0.2, 0) is 6.54 Å². The summed E-state index contributed by atoms with van der Waals surface area (Å²) in [7, 11) is 0. The van der Waals surface area contributed by atoms with Crippen LogP contribution in [0.3, 0.4) is 0 Å². The third-order valence-corrected chi connectivity index (χ3v) is 3.60. The highest BCUT2D eigenvalue weighted by Crippen LogP contribution is 2.20. The predicted octanol–water partition coefficient (Wildman–Crippen LogP) is 2.17. The van der Waals surface area contributed by atoms with Gasteiger partial charge in [-0.05, 0) is 30.7 Å². The van der Waals surface area contributed by atoms with Crippen LogP contribution in [0.4, 0.5) is 4.39 Å². The van der Waals surface area contributed by atoms with Crippen LogP contribution in [0.1, 0.15) is 12.5 Å². The van der Waals surface area contributed by atoms with Gasteiger partial charge < -0.3 is 5.32 Å². The molecule has 0 aliphatic carbocycles. The number of pyridine rings is 1. The summed E-state index contributed by atoms with van der Waals surface area (Å²) in [6.07, 6.45) is 1.77. The van der Waals surface area contributed by atoms with Crippen molar-refractivity contribution in [2.75, 3.05) is 19.6 Å². The van der Waals surface area contributed by atoms with Gasteiger partial charge >= 0.3 is 0 Å². The van der Waals surface area contributed by atoms with E-state index < -0.39 is 0 Å². The summed E-state index contributed by atoms with van der Waals surface area (Å²) in [6.45, 7) is 5.91. The third kappa shape index (κ3) is 2.74. The summed E-state index contributed by atoms with van der Waals surface area (Å²) in [6, 6.07) is 7.41. The molecule has 1 aliphatic rings. The number of rotatable bonds is 2. The van der Waals surface area contributed by atoms with Crippen LogP contribution in [0.5, 0.6) is 0 Å². The van der Waals surface area contributed by atoms with Crippen molar-refractivity contribution < 1.29 is 4.39 Å². The minimum atomic E-state index is -0.182. The molecule has 1 N–H and O–H groups in total. The minimum Gasteiger partial charge on any atom is -0.312 e. The van der Waals surface area contributed by atoms with Crippen molar-refractivity contribution in [2.24, 2.45) is 0 Å². The number of fused-ring (bicyclic) bond motifs is 1. The third-order valence-electron chi connectivity index (χ3n) is 3.60. The molecule has 3 nitrogen and oxygen atoms in total. The van der Waals surface area contributed by atoms with E-state index in [2.05, 4.69) is 22.1 Å². The van der Waals surface area contributed by atoms with E-state index >= 15 is 0 Å². The lowest BCUT2D eigenvalue weighted by molar-refractivity contribution is 0.200. The molecule has 0 radical (unpaired) electrons. The van der Waals surface area contributed by atoms with E-state index in [1.165, 1.54) is 0 Å². The second kappa shape index (κ2) is 5.23. The zero-order chi connectivity index (χ0) is 13.2. The van der Waals surface area contributed by atoms with Crippen LogP contribution in [0.15, 0.2) is 30.5 Å². The molecular weight excluding hydrogens is 241 g/mol. The van der Waals surface area contributed by atoms with Crippen LogP contribution in [0.25, 0.3) is 10.9 Å². The maximum Gasteiger partial charge on any atom is 0.124 e. The molecule has 1 aromatic carbocycles. The van der Waals surface area contributed by atoms with Gasteiger partial charge in [0.25, 0.3) is 0 Å². The van der Waals surface area contributed by atoms with E-state index in [1.54, 1.807) is 18.3 Å². The predicted molar refractivity (Wildman–Crippen MR) is 74.4 cm³/mol. The molecule has 4 heteroatoms. The monoisotopic (exact) mass is 259 g/mol. The summed E-state index contributed by atoms with van der Waals surface area (Å²) in [5, 5.41) is 4.29. The van der Waals surface area contributed by atoms with E-state index in [1.807, 2.05) is 12.1 Å². The number of hydrogen-bond donors (Lipinski definition) is 1. The second-order valence-corrected chi connectivity index (χ2v) is 5.23. The van der Waals surface area contributed by atoms with E-state index in [-0.39, 0.29) is 5.82 Å². The molecule has 1 fully saturated rings. The van der Waals surface area contributed by atoms with Crippen molar-refractivity contribution in [1.82, 2.24) is 15.2 Å². The Morgan fingerprint density at radius 3 is 3.21 bits per heavy atom.